The zero-order valence-corrected chi connectivity index (χ0v) is 10.0. The Kier molecular flexibility index (Phi) is 3.67. The number of amides is 1. The second-order valence-electron chi connectivity index (χ2n) is 3.69. The van der Waals surface area contributed by atoms with Gasteiger partial charge in [-0.1, -0.05) is 0 Å². The molecule has 0 bridgehead atoms. The maximum atomic E-state index is 13.7. The van der Waals surface area contributed by atoms with Crippen molar-refractivity contribution in [3.63, 3.8) is 0 Å². The van der Waals surface area contributed by atoms with Crippen molar-refractivity contribution in [2.24, 2.45) is 0 Å². The van der Waals surface area contributed by atoms with Gasteiger partial charge in [0, 0.05) is 31.1 Å². The Hall–Kier alpha value is -2.54. The summed E-state index contributed by atoms with van der Waals surface area (Å²) in [6.07, 6.45) is 3.72. The summed E-state index contributed by atoms with van der Waals surface area (Å²) < 4.78 is 13.7. The van der Waals surface area contributed by atoms with Crippen LogP contribution in [0.3, 0.4) is 0 Å². The van der Waals surface area contributed by atoms with E-state index in [4.69, 9.17) is 0 Å². The van der Waals surface area contributed by atoms with Crippen LogP contribution in [0.1, 0.15) is 6.92 Å². The number of nitrogens with zero attached hydrogens (tertiary/aromatic N) is 3. The van der Waals surface area contributed by atoms with Crippen molar-refractivity contribution in [3.8, 4) is 0 Å². The Morgan fingerprint density at radius 2 is 2.21 bits per heavy atom. The number of rotatable bonds is 3. The van der Waals surface area contributed by atoms with E-state index in [1.54, 1.807) is 5.48 Å². The third-order valence-electron chi connectivity index (χ3n) is 2.40. The molecule has 0 spiro atoms. The molecule has 2 aromatic rings. The molecule has 0 saturated heterocycles. The number of hydrogen-bond acceptors (Lipinski definition) is 5. The van der Waals surface area contributed by atoms with E-state index in [0.717, 1.165) is 11.1 Å². The highest BCUT2D eigenvalue weighted by molar-refractivity contribution is 5.98. The Morgan fingerprint density at radius 3 is 2.84 bits per heavy atom. The summed E-state index contributed by atoms with van der Waals surface area (Å²) in [5, 5.41) is 10.6. The van der Waals surface area contributed by atoms with E-state index in [9.17, 15) is 14.4 Å². The van der Waals surface area contributed by atoms with Gasteiger partial charge in [-0.05, 0) is 12.1 Å². The van der Waals surface area contributed by atoms with Crippen molar-refractivity contribution in [2.45, 2.75) is 6.92 Å². The molecule has 0 unspecified atom stereocenters. The first-order chi connectivity index (χ1) is 9.13. The SMILES string of the molecule is CC(=O)N(c1cc(N[O-])ccn1)c1ccncc1F. The van der Waals surface area contributed by atoms with Crippen LogP contribution in [0.4, 0.5) is 21.6 Å². The summed E-state index contributed by atoms with van der Waals surface area (Å²) in [5.41, 5.74) is 1.95. The molecule has 0 aromatic carbocycles. The van der Waals surface area contributed by atoms with E-state index < -0.39 is 11.7 Å². The lowest BCUT2D eigenvalue weighted by atomic mass is 10.3. The lowest BCUT2D eigenvalue weighted by Gasteiger charge is -2.21. The molecule has 1 N–H and O–H groups in total. The molecular formula is C12H10FN4O2-. The van der Waals surface area contributed by atoms with E-state index in [2.05, 4.69) is 9.97 Å². The molecule has 0 aliphatic rings. The Labute approximate surface area is 108 Å². The topological polar surface area (TPSA) is 81.2 Å². The smallest absolute Gasteiger partial charge is 0.229 e. The summed E-state index contributed by atoms with van der Waals surface area (Å²) in [5.74, 6) is -0.931. The Bertz CT molecular complexity index is 606. The molecule has 98 valence electrons. The highest BCUT2D eigenvalue weighted by atomic mass is 19.1. The molecule has 0 atom stereocenters. The third kappa shape index (κ3) is 2.66. The average Bonchev–Trinajstić information content (AvgIpc) is 2.41. The summed E-state index contributed by atoms with van der Waals surface area (Å²) in [4.78, 5) is 20.3. The van der Waals surface area contributed by atoms with Crippen molar-refractivity contribution >= 4 is 23.1 Å². The van der Waals surface area contributed by atoms with Gasteiger partial charge in [0.1, 0.15) is 5.82 Å². The monoisotopic (exact) mass is 261 g/mol. The zero-order valence-electron chi connectivity index (χ0n) is 10.0. The highest BCUT2D eigenvalue weighted by Crippen LogP contribution is 2.27. The van der Waals surface area contributed by atoms with E-state index in [-0.39, 0.29) is 17.2 Å². The quantitative estimate of drug-likeness (QED) is 0.856. The molecule has 6 nitrogen and oxygen atoms in total. The van der Waals surface area contributed by atoms with Crippen molar-refractivity contribution in [1.29, 1.82) is 0 Å². The van der Waals surface area contributed by atoms with Gasteiger partial charge in [-0.3, -0.25) is 14.7 Å². The first-order valence-corrected chi connectivity index (χ1v) is 5.38. The minimum Gasteiger partial charge on any atom is -0.761 e. The van der Waals surface area contributed by atoms with Crippen LogP contribution in [-0.2, 0) is 4.79 Å². The second-order valence-corrected chi connectivity index (χ2v) is 3.69. The standard InChI is InChI=1S/C12H10FN4O2/c1-8(18)17(11-3-4-14-7-10(11)13)12-6-9(16-19)2-5-15-12/h2-7H,1H3,(H-,15,16,19)/q-1. The second kappa shape index (κ2) is 5.40. The van der Waals surface area contributed by atoms with E-state index >= 15 is 0 Å². The van der Waals surface area contributed by atoms with Crippen LogP contribution in [0.2, 0.25) is 0 Å². The largest absolute Gasteiger partial charge is 0.761 e. The van der Waals surface area contributed by atoms with Gasteiger partial charge < -0.3 is 10.7 Å². The lowest BCUT2D eigenvalue weighted by Crippen LogP contribution is -2.24. The summed E-state index contributed by atoms with van der Waals surface area (Å²) in [6, 6.07) is 4.15. The van der Waals surface area contributed by atoms with Gasteiger partial charge in [0.2, 0.25) is 5.91 Å². The number of anilines is 3. The predicted octanol–water partition coefficient (Wildman–Crippen LogP) is 2.21. The maximum absolute atomic E-state index is 13.7. The minimum absolute atomic E-state index is 0.0260. The number of pyridine rings is 2. The normalized spacial score (nSPS) is 10.1. The molecule has 19 heavy (non-hydrogen) atoms. The van der Waals surface area contributed by atoms with Crippen LogP contribution in [0.15, 0.2) is 36.8 Å². The number of halogens is 1. The summed E-state index contributed by atoms with van der Waals surface area (Å²) >= 11 is 0. The average molecular weight is 261 g/mol. The third-order valence-corrected chi connectivity index (χ3v) is 2.40. The molecule has 0 fully saturated rings. The molecule has 0 radical (unpaired) electrons. The first kappa shape index (κ1) is 12.9. The van der Waals surface area contributed by atoms with E-state index in [1.165, 1.54) is 37.5 Å². The van der Waals surface area contributed by atoms with Gasteiger partial charge in [-0.25, -0.2) is 9.37 Å². The number of aromatic nitrogens is 2. The van der Waals surface area contributed by atoms with Crippen molar-refractivity contribution in [1.82, 2.24) is 9.97 Å². The number of carbonyl (C=O) groups is 1. The maximum Gasteiger partial charge on any atom is 0.229 e. The van der Waals surface area contributed by atoms with E-state index in [1.807, 2.05) is 0 Å². The van der Waals surface area contributed by atoms with Gasteiger partial charge in [-0.2, -0.15) is 0 Å². The van der Waals surface area contributed by atoms with Crippen molar-refractivity contribution in [3.05, 3.63) is 47.8 Å². The molecule has 2 rings (SSSR count). The van der Waals surface area contributed by atoms with Crippen LogP contribution < -0.4 is 10.4 Å². The zero-order chi connectivity index (χ0) is 13.8. The van der Waals surface area contributed by atoms with Gasteiger partial charge in [0.05, 0.1) is 11.9 Å². The summed E-state index contributed by atoms with van der Waals surface area (Å²) in [6.45, 7) is 1.28. The minimum atomic E-state index is -0.653. The fourth-order valence-corrected chi connectivity index (χ4v) is 1.61. The molecule has 0 saturated carbocycles. The highest BCUT2D eigenvalue weighted by Gasteiger charge is 2.19. The van der Waals surface area contributed by atoms with Gasteiger partial charge in [0.25, 0.3) is 0 Å². The van der Waals surface area contributed by atoms with Crippen LogP contribution in [-0.4, -0.2) is 15.9 Å². The number of nitrogens with one attached hydrogen (secondary N) is 1. The van der Waals surface area contributed by atoms with Gasteiger partial charge in [0.15, 0.2) is 5.82 Å². The van der Waals surface area contributed by atoms with Crippen LogP contribution >= 0.6 is 0 Å². The number of hydrogen-bond donors (Lipinski definition) is 1. The van der Waals surface area contributed by atoms with Crippen molar-refractivity contribution in [2.75, 3.05) is 10.4 Å². The molecule has 7 heteroatoms. The molecule has 2 aromatic heterocycles. The van der Waals surface area contributed by atoms with E-state index in [0.29, 0.717) is 0 Å². The Balaban J connectivity index is 2.52. The first-order valence-electron chi connectivity index (χ1n) is 5.38. The lowest BCUT2D eigenvalue weighted by molar-refractivity contribution is -0.115. The molecule has 2 heterocycles. The molecule has 0 aliphatic heterocycles. The van der Waals surface area contributed by atoms with Crippen LogP contribution in [0.25, 0.3) is 0 Å². The number of carbonyl (C=O) groups excluding carboxylic acids is 1. The van der Waals surface area contributed by atoms with Crippen molar-refractivity contribution < 1.29 is 9.18 Å². The van der Waals surface area contributed by atoms with Gasteiger partial charge in [-0.15, -0.1) is 0 Å². The fraction of sp³-hybridized carbons (Fsp3) is 0.0833. The van der Waals surface area contributed by atoms with Crippen LogP contribution in [0, 0.1) is 11.0 Å². The molecular weight excluding hydrogens is 251 g/mol. The van der Waals surface area contributed by atoms with Gasteiger partial charge >= 0.3 is 0 Å². The fourth-order valence-electron chi connectivity index (χ4n) is 1.61. The molecule has 1 amide bonds. The predicted molar refractivity (Wildman–Crippen MR) is 68.2 cm³/mol. The molecule has 0 aliphatic carbocycles. The summed E-state index contributed by atoms with van der Waals surface area (Å²) in [7, 11) is 0. The Morgan fingerprint density at radius 1 is 1.42 bits per heavy atom. The van der Waals surface area contributed by atoms with Crippen LogP contribution in [0.5, 0.6) is 0 Å².